The molecule has 2 aromatic carbocycles. The molecule has 1 aliphatic carbocycles. The lowest BCUT2D eigenvalue weighted by molar-refractivity contribution is 0.181. The predicted octanol–water partition coefficient (Wildman–Crippen LogP) is 3.38. The standard InChI is InChI=1S/C22H28N2O2S/c1-18-6-2-3-9-21(18)17-23-12-14-24(15-13-23)27(25,26)22-11-10-19-7-4-5-8-20(19)16-22/h2-3,6,9-11,16H,4-5,7-8,12-15,17H2,1H3. The maximum atomic E-state index is 13.1. The lowest BCUT2D eigenvalue weighted by Gasteiger charge is -2.34. The van der Waals surface area contributed by atoms with E-state index < -0.39 is 10.0 Å². The summed E-state index contributed by atoms with van der Waals surface area (Å²) >= 11 is 0. The van der Waals surface area contributed by atoms with E-state index in [0.29, 0.717) is 18.0 Å². The molecule has 2 aliphatic rings. The van der Waals surface area contributed by atoms with E-state index in [9.17, 15) is 8.42 Å². The second kappa shape index (κ2) is 7.74. The van der Waals surface area contributed by atoms with E-state index in [1.54, 1.807) is 10.4 Å². The first-order valence-corrected chi connectivity index (χ1v) is 11.4. The maximum Gasteiger partial charge on any atom is 0.243 e. The van der Waals surface area contributed by atoms with Crippen molar-refractivity contribution in [2.24, 2.45) is 0 Å². The molecule has 1 saturated heterocycles. The SMILES string of the molecule is Cc1ccccc1CN1CCN(S(=O)(=O)c2ccc3c(c2)CCCC3)CC1. The van der Waals surface area contributed by atoms with Crippen molar-refractivity contribution < 1.29 is 8.42 Å². The number of hydrogen-bond acceptors (Lipinski definition) is 3. The van der Waals surface area contributed by atoms with Crippen LogP contribution < -0.4 is 0 Å². The zero-order valence-corrected chi connectivity index (χ0v) is 16.8. The maximum absolute atomic E-state index is 13.1. The predicted molar refractivity (Wildman–Crippen MR) is 108 cm³/mol. The molecule has 2 aromatic rings. The minimum Gasteiger partial charge on any atom is -0.296 e. The van der Waals surface area contributed by atoms with E-state index in [0.717, 1.165) is 38.9 Å². The lowest BCUT2D eigenvalue weighted by atomic mass is 9.92. The summed E-state index contributed by atoms with van der Waals surface area (Å²) in [5.74, 6) is 0. The normalized spacial score (nSPS) is 19.0. The van der Waals surface area contributed by atoms with Crippen molar-refractivity contribution in [3.8, 4) is 0 Å². The fourth-order valence-electron chi connectivity index (χ4n) is 4.18. The lowest BCUT2D eigenvalue weighted by Crippen LogP contribution is -2.48. The third kappa shape index (κ3) is 3.96. The van der Waals surface area contributed by atoms with Gasteiger partial charge in [-0.25, -0.2) is 8.42 Å². The monoisotopic (exact) mass is 384 g/mol. The summed E-state index contributed by atoms with van der Waals surface area (Å²) in [4.78, 5) is 2.82. The topological polar surface area (TPSA) is 40.6 Å². The van der Waals surface area contributed by atoms with Crippen molar-refractivity contribution in [1.29, 1.82) is 0 Å². The number of benzene rings is 2. The Morgan fingerprint density at radius 1 is 0.889 bits per heavy atom. The highest BCUT2D eigenvalue weighted by atomic mass is 32.2. The molecule has 0 saturated carbocycles. The molecule has 0 amide bonds. The molecule has 0 unspecified atom stereocenters. The minimum absolute atomic E-state index is 0.468. The summed E-state index contributed by atoms with van der Waals surface area (Å²) in [6.07, 6.45) is 4.45. The molecule has 4 rings (SSSR count). The van der Waals surface area contributed by atoms with Gasteiger partial charge in [0.2, 0.25) is 10.0 Å². The fourth-order valence-corrected chi connectivity index (χ4v) is 5.65. The van der Waals surface area contributed by atoms with E-state index in [2.05, 4.69) is 36.1 Å². The molecular weight excluding hydrogens is 356 g/mol. The second-order valence-corrected chi connectivity index (χ2v) is 9.68. The van der Waals surface area contributed by atoms with Gasteiger partial charge in [-0.2, -0.15) is 4.31 Å². The van der Waals surface area contributed by atoms with Gasteiger partial charge in [0, 0.05) is 32.7 Å². The molecule has 0 atom stereocenters. The molecule has 0 bridgehead atoms. The zero-order valence-electron chi connectivity index (χ0n) is 16.0. The molecule has 1 aliphatic heterocycles. The van der Waals surface area contributed by atoms with Crippen LogP contribution >= 0.6 is 0 Å². The van der Waals surface area contributed by atoms with Gasteiger partial charge in [-0.3, -0.25) is 4.90 Å². The first-order valence-electron chi connectivity index (χ1n) is 9.93. The molecule has 27 heavy (non-hydrogen) atoms. The Balaban J connectivity index is 1.43. The van der Waals surface area contributed by atoms with Gasteiger partial charge >= 0.3 is 0 Å². The van der Waals surface area contributed by atoms with Crippen LogP contribution in [0, 0.1) is 6.92 Å². The molecule has 0 radical (unpaired) electrons. The van der Waals surface area contributed by atoms with Crippen molar-refractivity contribution in [2.75, 3.05) is 26.2 Å². The summed E-state index contributed by atoms with van der Waals surface area (Å²) in [7, 11) is -3.39. The minimum atomic E-state index is -3.39. The van der Waals surface area contributed by atoms with Gasteiger partial charge in [0.25, 0.3) is 0 Å². The highest BCUT2D eigenvalue weighted by Gasteiger charge is 2.29. The number of rotatable bonds is 4. The number of nitrogens with zero attached hydrogens (tertiary/aromatic N) is 2. The molecule has 5 heteroatoms. The first kappa shape index (κ1) is 18.7. The van der Waals surface area contributed by atoms with Crippen molar-refractivity contribution in [1.82, 2.24) is 9.21 Å². The van der Waals surface area contributed by atoms with Crippen LogP contribution in [0.3, 0.4) is 0 Å². The van der Waals surface area contributed by atoms with Crippen LogP contribution in [0.4, 0.5) is 0 Å². The Hall–Kier alpha value is -1.69. The fraction of sp³-hybridized carbons (Fsp3) is 0.455. The summed E-state index contributed by atoms with van der Waals surface area (Å²) in [6.45, 7) is 5.69. The second-order valence-electron chi connectivity index (χ2n) is 7.74. The van der Waals surface area contributed by atoms with Crippen LogP contribution in [0.2, 0.25) is 0 Å². The molecule has 144 valence electrons. The number of fused-ring (bicyclic) bond motifs is 1. The van der Waals surface area contributed by atoms with Crippen LogP contribution in [0.1, 0.15) is 35.1 Å². The molecule has 0 aromatic heterocycles. The molecule has 1 fully saturated rings. The van der Waals surface area contributed by atoms with Crippen molar-refractivity contribution in [3.63, 3.8) is 0 Å². The summed E-state index contributed by atoms with van der Waals surface area (Å²) in [6, 6.07) is 14.2. The molecule has 0 spiro atoms. The van der Waals surface area contributed by atoms with Gasteiger partial charge in [0.05, 0.1) is 4.90 Å². The van der Waals surface area contributed by atoms with Gasteiger partial charge in [-0.05, 0) is 67.0 Å². The van der Waals surface area contributed by atoms with Crippen LogP contribution in [-0.4, -0.2) is 43.8 Å². The summed E-state index contributed by atoms with van der Waals surface area (Å²) < 4.78 is 27.9. The summed E-state index contributed by atoms with van der Waals surface area (Å²) in [5, 5.41) is 0. The van der Waals surface area contributed by atoms with Gasteiger partial charge < -0.3 is 0 Å². The van der Waals surface area contributed by atoms with E-state index in [1.807, 2.05) is 12.1 Å². The number of sulfonamides is 1. The van der Waals surface area contributed by atoms with E-state index in [4.69, 9.17) is 0 Å². The van der Waals surface area contributed by atoms with Crippen molar-refractivity contribution >= 4 is 10.0 Å². The quantitative estimate of drug-likeness (QED) is 0.811. The van der Waals surface area contributed by atoms with Crippen molar-refractivity contribution in [3.05, 3.63) is 64.7 Å². The Labute approximate surface area is 162 Å². The molecule has 1 heterocycles. The summed E-state index contributed by atoms with van der Waals surface area (Å²) in [5.41, 5.74) is 5.16. The zero-order chi connectivity index (χ0) is 18.9. The molecular formula is C22H28N2O2S. The van der Waals surface area contributed by atoms with Gasteiger partial charge in [-0.15, -0.1) is 0 Å². The molecule has 0 N–H and O–H groups in total. The third-order valence-corrected chi connectivity index (χ3v) is 7.84. The Kier molecular flexibility index (Phi) is 5.35. The van der Waals surface area contributed by atoms with E-state index in [-0.39, 0.29) is 0 Å². The number of piperazine rings is 1. The average Bonchev–Trinajstić information content (AvgIpc) is 2.70. The Bertz CT molecular complexity index is 916. The van der Waals surface area contributed by atoms with Gasteiger partial charge in [-0.1, -0.05) is 30.3 Å². The molecule has 4 nitrogen and oxygen atoms in total. The van der Waals surface area contributed by atoms with Crippen LogP contribution in [-0.2, 0) is 29.4 Å². The van der Waals surface area contributed by atoms with Crippen LogP contribution in [0.25, 0.3) is 0 Å². The van der Waals surface area contributed by atoms with Gasteiger partial charge in [0.15, 0.2) is 0 Å². The first-order chi connectivity index (χ1) is 13.0. The highest BCUT2D eigenvalue weighted by molar-refractivity contribution is 7.89. The Morgan fingerprint density at radius 2 is 1.59 bits per heavy atom. The van der Waals surface area contributed by atoms with Gasteiger partial charge in [0.1, 0.15) is 0 Å². The van der Waals surface area contributed by atoms with Crippen LogP contribution in [0.5, 0.6) is 0 Å². The average molecular weight is 385 g/mol. The van der Waals surface area contributed by atoms with E-state index in [1.165, 1.54) is 28.7 Å². The number of aryl methyl sites for hydroxylation is 3. The largest absolute Gasteiger partial charge is 0.296 e. The van der Waals surface area contributed by atoms with E-state index >= 15 is 0 Å². The highest BCUT2D eigenvalue weighted by Crippen LogP contribution is 2.26. The third-order valence-electron chi connectivity index (χ3n) is 5.94. The Morgan fingerprint density at radius 3 is 2.33 bits per heavy atom. The van der Waals surface area contributed by atoms with Crippen molar-refractivity contribution in [2.45, 2.75) is 44.0 Å². The van der Waals surface area contributed by atoms with Crippen LogP contribution in [0.15, 0.2) is 47.4 Å². The number of hydrogen-bond donors (Lipinski definition) is 0. The smallest absolute Gasteiger partial charge is 0.243 e.